The van der Waals surface area contributed by atoms with Crippen molar-refractivity contribution in [2.45, 2.75) is 27.2 Å². The van der Waals surface area contributed by atoms with E-state index < -0.39 is 0 Å². The van der Waals surface area contributed by atoms with Gasteiger partial charge < -0.3 is 0 Å². The standard InChI is InChI=1S/C11H10N2.C5H10/c1-3-7-12-10(5-1)9-11-6-2-4-8-13-11;1-4-5(2)3/h1-8H,9H2;4H,1-3H3. The van der Waals surface area contributed by atoms with Crippen molar-refractivity contribution in [3.8, 4) is 0 Å². The van der Waals surface area contributed by atoms with Gasteiger partial charge in [0.25, 0.3) is 0 Å². The normalized spacial score (nSPS) is 9.06. The summed E-state index contributed by atoms with van der Waals surface area (Å²) in [4.78, 5) is 8.47. The van der Waals surface area contributed by atoms with Crippen LogP contribution in [0.25, 0.3) is 0 Å². The van der Waals surface area contributed by atoms with Gasteiger partial charge in [0, 0.05) is 30.2 Å². The molecule has 2 aromatic heterocycles. The van der Waals surface area contributed by atoms with E-state index in [1.54, 1.807) is 12.4 Å². The number of aromatic nitrogens is 2. The Hall–Kier alpha value is -1.96. The smallest absolute Gasteiger partial charge is 0.0463 e. The molecule has 2 aromatic rings. The van der Waals surface area contributed by atoms with E-state index in [2.05, 4.69) is 29.9 Å². The molecular weight excluding hydrogens is 220 g/mol. The van der Waals surface area contributed by atoms with Crippen LogP contribution < -0.4 is 0 Å². The molecule has 0 amide bonds. The molecule has 0 fully saturated rings. The molecule has 0 aliphatic carbocycles. The Morgan fingerprint density at radius 3 is 1.67 bits per heavy atom. The van der Waals surface area contributed by atoms with Gasteiger partial charge in [-0.2, -0.15) is 0 Å². The summed E-state index contributed by atoms with van der Waals surface area (Å²) in [6, 6.07) is 11.8. The molecule has 0 unspecified atom stereocenters. The third-order valence-electron chi connectivity index (χ3n) is 2.39. The first kappa shape index (κ1) is 14.1. The largest absolute Gasteiger partial charge is 0.261 e. The lowest BCUT2D eigenvalue weighted by molar-refractivity contribution is 1.01. The third-order valence-corrected chi connectivity index (χ3v) is 2.39. The molecule has 0 radical (unpaired) electrons. The van der Waals surface area contributed by atoms with Crippen molar-refractivity contribution >= 4 is 0 Å². The lowest BCUT2D eigenvalue weighted by Crippen LogP contribution is -1.92. The van der Waals surface area contributed by atoms with Crippen LogP contribution in [0.1, 0.15) is 32.2 Å². The van der Waals surface area contributed by atoms with Crippen molar-refractivity contribution in [3.05, 3.63) is 71.8 Å². The first-order valence-electron chi connectivity index (χ1n) is 6.11. The SMILES string of the molecule is CC=C(C)C.c1ccc(Cc2ccccn2)nc1. The Labute approximate surface area is 109 Å². The lowest BCUT2D eigenvalue weighted by atomic mass is 10.2. The highest BCUT2D eigenvalue weighted by molar-refractivity contribution is 5.14. The predicted octanol–water partition coefficient (Wildman–Crippen LogP) is 4.04. The van der Waals surface area contributed by atoms with Gasteiger partial charge in [0.1, 0.15) is 0 Å². The molecule has 0 saturated heterocycles. The molecule has 0 aromatic carbocycles. The lowest BCUT2D eigenvalue weighted by Gasteiger charge is -1.98. The molecule has 2 heteroatoms. The van der Waals surface area contributed by atoms with Crippen LogP contribution in [0.2, 0.25) is 0 Å². The topological polar surface area (TPSA) is 25.8 Å². The fourth-order valence-electron chi connectivity index (χ4n) is 1.19. The summed E-state index contributed by atoms with van der Waals surface area (Å²) in [6.45, 7) is 6.20. The van der Waals surface area contributed by atoms with Gasteiger partial charge in [-0.05, 0) is 45.0 Å². The summed E-state index contributed by atoms with van der Waals surface area (Å²) in [7, 11) is 0. The van der Waals surface area contributed by atoms with Crippen LogP contribution in [0, 0.1) is 0 Å². The minimum atomic E-state index is 0.807. The number of hydrogen-bond acceptors (Lipinski definition) is 2. The van der Waals surface area contributed by atoms with Crippen molar-refractivity contribution in [1.82, 2.24) is 9.97 Å². The van der Waals surface area contributed by atoms with Crippen LogP contribution in [0.4, 0.5) is 0 Å². The van der Waals surface area contributed by atoms with E-state index in [0.29, 0.717) is 0 Å². The summed E-state index contributed by atoms with van der Waals surface area (Å²) in [5, 5.41) is 0. The summed E-state index contributed by atoms with van der Waals surface area (Å²) < 4.78 is 0. The van der Waals surface area contributed by atoms with Crippen LogP contribution in [-0.4, -0.2) is 9.97 Å². The molecule has 0 aliphatic rings. The van der Waals surface area contributed by atoms with Crippen molar-refractivity contribution in [2.24, 2.45) is 0 Å². The van der Waals surface area contributed by atoms with Gasteiger partial charge in [0.2, 0.25) is 0 Å². The van der Waals surface area contributed by atoms with Crippen LogP contribution in [-0.2, 0) is 6.42 Å². The van der Waals surface area contributed by atoms with E-state index in [-0.39, 0.29) is 0 Å². The zero-order chi connectivity index (χ0) is 13.2. The number of pyridine rings is 2. The number of allylic oxidation sites excluding steroid dienone is 2. The summed E-state index contributed by atoms with van der Waals surface area (Å²) in [5.41, 5.74) is 3.49. The fourth-order valence-corrected chi connectivity index (χ4v) is 1.19. The molecule has 0 atom stereocenters. The fraction of sp³-hybridized carbons (Fsp3) is 0.250. The van der Waals surface area contributed by atoms with Gasteiger partial charge in [-0.1, -0.05) is 23.8 Å². The van der Waals surface area contributed by atoms with Crippen molar-refractivity contribution in [1.29, 1.82) is 0 Å². The van der Waals surface area contributed by atoms with E-state index in [1.807, 2.05) is 43.3 Å². The van der Waals surface area contributed by atoms with Crippen LogP contribution >= 0.6 is 0 Å². The third kappa shape index (κ3) is 5.94. The number of nitrogens with zero attached hydrogens (tertiary/aromatic N) is 2. The Bertz CT molecular complexity index is 419. The zero-order valence-corrected chi connectivity index (χ0v) is 11.3. The molecule has 0 aliphatic heterocycles. The first-order chi connectivity index (χ1) is 8.72. The summed E-state index contributed by atoms with van der Waals surface area (Å²) in [5.74, 6) is 0. The molecule has 0 spiro atoms. The van der Waals surface area contributed by atoms with Crippen molar-refractivity contribution < 1.29 is 0 Å². The number of rotatable bonds is 2. The van der Waals surface area contributed by atoms with Gasteiger partial charge in [-0.15, -0.1) is 0 Å². The summed E-state index contributed by atoms with van der Waals surface area (Å²) in [6.07, 6.45) is 6.50. The quantitative estimate of drug-likeness (QED) is 0.740. The molecule has 0 saturated carbocycles. The molecule has 18 heavy (non-hydrogen) atoms. The van der Waals surface area contributed by atoms with Gasteiger partial charge in [0.05, 0.1) is 0 Å². The van der Waals surface area contributed by atoms with Gasteiger partial charge in [-0.25, -0.2) is 0 Å². The Balaban J connectivity index is 0.000000280. The summed E-state index contributed by atoms with van der Waals surface area (Å²) >= 11 is 0. The van der Waals surface area contributed by atoms with Gasteiger partial charge in [0.15, 0.2) is 0 Å². The second kappa shape index (κ2) is 8.18. The van der Waals surface area contributed by atoms with Crippen LogP contribution in [0.5, 0.6) is 0 Å². The van der Waals surface area contributed by atoms with Gasteiger partial charge in [-0.3, -0.25) is 9.97 Å². The van der Waals surface area contributed by atoms with Crippen molar-refractivity contribution in [3.63, 3.8) is 0 Å². The molecule has 2 rings (SSSR count). The number of hydrogen-bond donors (Lipinski definition) is 0. The minimum Gasteiger partial charge on any atom is -0.261 e. The van der Waals surface area contributed by atoms with E-state index >= 15 is 0 Å². The molecule has 2 nitrogen and oxygen atoms in total. The Morgan fingerprint density at radius 1 is 0.944 bits per heavy atom. The monoisotopic (exact) mass is 240 g/mol. The Morgan fingerprint density at radius 2 is 1.39 bits per heavy atom. The van der Waals surface area contributed by atoms with Crippen LogP contribution in [0.3, 0.4) is 0 Å². The molecular formula is C16H20N2. The van der Waals surface area contributed by atoms with E-state index in [0.717, 1.165) is 17.8 Å². The molecule has 0 N–H and O–H groups in total. The second-order valence-corrected chi connectivity index (χ2v) is 4.18. The maximum absolute atomic E-state index is 4.23. The first-order valence-corrected chi connectivity index (χ1v) is 6.11. The maximum Gasteiger partial charge on any atom is 0.0463 e. The maximum atomic E-state index is 4.23. The average Bonchev–Trinajstić information content (AvgIpc) is 2.42. The van der Waals surface area contributed by atoms with Gasteiger partial charge >= 0.3 is 0 Å². The average molecular weight is 240 g/mol. The molecule has 0 bridgehead atoms. The molecule has 2 heterocycles. The van der Waals surface area contributed by atoms with E-state index in [1.165, 1.54) is 5.57 Å². The highest BCUT2D eigenvalue weighted by Gasteiger charge is 1.95. The van der Waals surface area contributed by atoms with E-state index in [4.69, 9.17) is 0 Å². The highest BCUT2D eigenvalue weighted by Crippen LogP contribution is 2.02. The van der Waals surface area contributed by atoms with Crippen molar-refractivity contribution in [2.75, 3.05) is 0 Å². The zero-order valence-electron chi connectivity index (χ0n) is 11.3. The second-order valence-electron chi connectivity index (χ2n) is 4.18. The highest BCUT2D eigenvalue weighted by atomic mass is 14.7. The Kier molecular flexibility index (Phi) is 6.41. The molecule has 94 valence electrons. The predicted molar refractivity (Wildman–Crippen MR) is 76.4 cm³/mol. The van der Waals surface area contributed by atoms with E-state index in [9.17, 15) is 0 Å². The minimum absolute atomic E-state index is 0.807. The van der Waals surface area contributed by atoms with Crippen LogP contribution in [0.15, 0.2) is 60.4 Å².